The average Bonchev–Trinajstić information content (AvgIpc) is 2.80. The molecule has 0 radical (unpaired) electrons. The van der Waals surface area contributed by atoms with Gasteiger partial charge in [-0.05, 0) is 24.3 Å². The summed E-state index contributed by atoms with van der Waals surface area (Å²) in [7, 11) is 0. The molecule has 0 saturated carbocycles. The molecule has 20 heavy (non-hydrogen) atoms. The molecule has 0 aliphatic heterocycles. The number of benzene rings is 2. The fourth-order valence-electron chi connectivity index (χ4n) is 1.99. The van der Waals surface area contributed by atoms with Crippen LogP contribution in [0, 0.1) is 5.82 Å². The Labute approximate surface area is 119 Å². The Balaban J connectivity index is 1.92. The monoisotopic (exact) mass is 289 g/mol. The Morgan fingerprint density at radius 2 is 2.00 bits per heavy atom. The summed E-state index contributed by atoms with van der Waals surface area (Å²) in [4.78, 5) is 16.3. The predicted molar refractivity (Wildman–Crippen MR) is 73.5 cm³/mol. The number of para-hydroxylation sites is 2. The summed E-state index contributed by atoms with van der Waals surface area (Å²) >= 11 is 5.86. The van der Waals surface area contributed by atoms with Crippen LogP contribution in [0.4, 0.5) is 4.39 Å². The quantitative estimate of drug-likeness (QED) is 0.683. The van der Waals surface area contributed by atoms with Crippen molar-refractivity contribution >= 4 is 28.5 Å². The third kappa shape index (κ3) is 2.30. The highest BCUT2D eigenvalue weighted by Crippen LogP contribution is 2.22. The van der Waals surface area contributed by atoms with E-state index >= 15 is 0 Å². The summed E-state index contributed by atoms with van der Waals surface area (Å²) in [5.74, 6) is -0.853. The number of carbonyl (C=O) groups is 1. The number of hydrogen-bond acceptors (Lipinski definition) is 3. The van der Waals surface area contributed by atoms with Gasteiger partial charge in [0.05, 0.1) is 17.0 Å². The molecule has 5 heteroatoms. The van der Waals surface area contributed by atoms with Crippen LogP contribution in [0.2, 0.25) is 5.02 Å². The predicted octanol–water partition coefficient (Wildman–Crippen LogP) is 4.05. The molecule has 2 aromatic carbocycles. The summed E-state index contributed by atoms with van der Waals surface area (Å²) in [6.45, 7) is 0. The van der Waals surface area contributed by atoms with E-state index in [9.17, 15) is 9.18 Å². The van der Waals surface area contributed by atoms with Crippen molar-refractivity contribution in [1.82, 2.24) is 4.98 Å². The molecule has 100 valence electrons. The van der Waals surface area contributed by atoms with Crippen LogP contribution < -0.4 is 0 Å². The van der Waals surface area contributed by atoms with Crippen LogP contribution in [0.3, 0.4) is 0 Å². The highest BCUT2D eigenvalue weighted by atomic mass is 35.5. The van der Waals surface area contributed by atoms with Gasteiger partial charge in [0.15, 0.2) is 11.4 Å². The Kier molecular flexibility index (Phi) is 3.24. The molecule has 0 spiro atoms. The summed E-state index contributed by atoms with van der Waals surface area (Å²) in [6.07, 6.45) is -0.130. The molecule has 1 aromatic heterocycles. The van der Waals surface area contributed by atoms with Crippen LogP contribution in [0.1, 0.15) is 16.2 Å². The standard InChI is InChI=1S/C15H9ClFNO2/c16-9-4-3-5-10(17)15(9)12(19)8-14-18-11-6-1-2-7-13(11)20-14/h1-7H,8H2. The highest BCUT2D eigenvalue weighted by molar-refractivity contribution is 6.34. The number of hydrogen-bond donors (Lipinski definition) is 0. The van der Waals surface area contributed by atoms with E-state index in [4.69, 9.17) is 16.0 Å². The maximum atomic E-state index is 13.7. The zero-order valence-electron chi connectivity index (χ0n) is 10.3. The van der Waals surface area contributed by atoms with Crippen LogP contribution in [0.25, 0.3) is 11.1 Å². The maximum absolute atomic E-state index is 13.7. The fraction of sp³-hybridized carbons (Fsp3) is 0.0667. The molecule has 1 heterocycles. The molecule has 0 N–H and O–H groups in total. The Hall–Kier alpha value is -2.20. The first-order valence-electron chi connectivity index (χ1n) is 5.97. The van der Waals surface area contributed by atoms with Crippen molar-refractivity contribution in [3.8, 4) is 0 Å². The number of carbonyl (C=O) groups excluding carboxylic acids is 1. The lowest BCUT2D eigenvalue weighted by Crippen LogP contribution is -2.07. The topological polar surface area (TPSA) is 43.1 Å². The SMILES string of the molecule is O=C(Cc1nc2ccccc2o1)c1c(F)cccc1Cl. The number of nitrogens with zero attached hydrogens (tertiary/aromatic N) is 1. The van der Waals surface area contributed by atoms with E-state index in [0.29, 0.717) is 11.1 Å². The first-order chi connectivity index (χ1) is 9.65. The Bertz CT molecular complexity index is 744. The first-order valence-corrected chi connectivity index (χ1v) is 6.34. The van der Waals surface area contributed by atoms with Crippen LogP contribution in [0.15, 0.2) is 46.9 Å². The largest absolute Gasteiger partial charge is 0.440 e. The summed E-state index contributed by atoms with van der Waals surface area (Å²) in [5.41, 5.74) is 1.13. The zero-order chi connectivity index (χ0) is 14.1. The van der Waals surface area contributed by atoms with Gasteiger partial charge in [-0.15, -0.1) is 0 Å². The molecule has 0 fully saturated rings. The zero-order valence-corrected chi connectivity index (χ0v) is 11.0. The summed E-state index contributed by atoms with van der Waals surface area (Å²) in [6, 6.07) is 11.3. The Morgan fingerprint density at radius 1 is 1.20 bits per heavy atom. The molecular formula is C15H9ClFNO2. The lowest BCUT2D eigenvalue weighted by Gasteiger charge is -2.02. The lowest BCUT2D eigenvalue weighted by molar-refractivity contribution is 0.0982. The number of ketones is 1. The number of halogens is 2. The van der Waals surface area contributed by atoms with Crippen molar-refractivity contribution in [2.24, 2.45) is 0 Å². The molecule has 0 unspecified atom stereocenters. The van der Waals surface area contributed by atoms with Gasteiger partial charge >= 0.3 is 0 Å². The third-order valence-electron chi connectivity index (χ3n) is 2.89. The van der Waals surface area contributed by atoms with Crippen molar-refractivity contribution in [2.75, 3.05) is 0 Å². The van der Waals surface area contributed by atoms with Gasteiger partial charge in [0.2, 0.25) is 5.89 Å². The fourth-order valence-corrected chi connectivity index (χ4v) is 2.25. The number of aromatic nitrogens is 1. The van der Waals surface area contributed by atoms with Gasteiger partial charge in [0.1, 0.15) is 11.3 Å². The molecule has 3 rings (SSSR count). The van der Waals surface area contributed by atoms with Crippen LogP contribution in [0.5, 0.6) is 0 Å². The van der Waals surface area contributed by atoms with E-state index in [1.54, 1.807) is 12.1 Å². The van der Waals surface area contributed by atoms with Gasteiger partial charge in [-0.2, -0.15) is 0 Å². The molecular weight excluding hydrogens is 281 g/mol. The maximum Gasteiger partial charge on any atom is 0.203 e. The molecule has 0 aliphatic rings. The van der Waals surface area contributed by atoms with Crippen molar-refractivity contribution in [3.63, 3.8) is 0 Å². The van der Waals surface area contributed by atoms with Gasteiger partial charge in [0.25, 0.3) is 0 Å². The van der Waals surface area contributed by atoms with Crippen molar-refractivity contribution in [3.05, 3.63) is 64.8 Å². The second kappa shape index (κ2) is 5.06. The van der Waals surface area contributed by atoms with E-state index in [0.717, 1.165) is 0 Å². The van der Waals surface area contributed by atoms with E-state index in [1.807, 2.05) is 12.1 Å². The number of Topliss-reactive ketones (excluding diaryl/α,β-unsaturated/α-hetero) is 1. The van der Waals surface area contributed by atoms with Crippen LogP contribution >= 0.6 is 11.6 Å². The summed E-state index contributed by atoms with van der Waals surface area (Å²) < 4.78 is 19.1. The van der Waals surface area contributed by atoms with Gasteiger partial charge in [-0.25, -0.2) is 9.37 Å². The van der Waals surface area contributed by atoms with Gasteiger partial charge in [-0.3, -0.25) is 4.79 Å². The van der Waals surface area contributed by atoms with Crippen LogP contribution in [-0.4, -0.2) is 10.8 Å². The summed E-state index contributed by atoms with van der Waals surface area (Å²) in [5, 5.41) is 0.0890. The van der Waals surface area contributed by atoms with Gasteiger partial charge in [-0.1, -0.05) is 29.8 Å². The van der Waals surface area contributed by atoms with E-state index < -0.39 is 11.6 Å². The smallest absolute Gasteiger partial charge is 0.203 e. The van der Waals surface area contributed by atoms with E-state index in [2.05, 4.69) is 4.98 Å². The van der Waals surface area contributed by atoms with E-state index in [-0.39, 0.29) is 22.9 Å². The van der Waals surface area contributed by atoms with Crippen LogP contribution in [-0.2, 0) is 6.42 Å². The van der Waals surface area contributed by atoms with Gasteiger partial charge in [0, 0.05) is 0 Å². The number of fused-ring (bicyclic) bond motifs is 1. The minimum atomic E-state index is -0.640. The minimum absolute atomic E-state index is 0.0890. The number of rotatable bonds is 3. The Morgan fingerprint density at radius 3 is 2.75 bits per heavy atom. The normalized spacial score (nSPS) is 10.9. The third-order valence-corrected chi connectivity index (χ3v) is 3.21. The molecule has 3 nitrogen and oxygen atoms in total. The van der Waals surface area contributed by atoms with Crippen molar-refractivity contribution in [1.29, 1.82) is 0 Å². The lowest BCUT2D eigenvalue weighted by atomic mass is 10.1. The average molecular weight is 290 g/mol. The second-order valence-corrected chi connectivity index (χ2v) is 4.68. The molecule has 0 amide bonds. The molecule has 3 aromatic rings. The number of oxazole rings is 1. The molecule has 0 atom stereocenters. The van der Waals surface area contributed by atoms with E-state index in [1.165, 1.54) is 18.2 Å². The molecule has 0 aliphatic carbocycles. The van der Waals surface area contributed by atoms with Crippen molar-refractivity contribution < 1.29 is 13.6 Å². The van der Waals surface area contributed by atoms with Crippen molar-refractivity contribution in [2.45, 2.75) is 6.42 Å². The minimum Gasteiger partial charge on any atom is -0.440 e. The second-order valence-electron chi connectivity index (χ2n) is 4.27. The molecule has 0 bridgehead atoms. The first kappa shape index (κ1) is 12.8. The highest BCUT2D eigenvalue weighted by Gasteiger charge is 2.18. The molecule has 0 saturated heterocycles. The van der Waals surface area contributed by atoms with Gasteiger partial charge < -0.3 is 4.42 Å².